The molecule has 2 aromatic heterocycles. The zero-order chi connectivity index (χ0) is 13.1. The summed E-state index contributed by atoms with van der Waals surface area (Å²) in [6, 6.07) is 3.55. The van der Waals surface area contributed by atoms with Gasteiger partial charge in [0, 0.05) is 33.5 Å². The van der Waals surface area contributed by atoms with Crippen LogP contribution in [0.2, 0.25) is 0 Å². The van der Waals surface area contributed by atoms with Crippen LogP contribution in [0.15, 0.2) is 30.7 Å². The normalized spacial score (nSPS) is 10.2. The number of carbonyl (C=O) groups excluding carboxylic acids is 1. The molecule has 0 unspecified atom stereocenters. The van der Waals surface area contributed by atoms with E-state index in [2.05, 4.69) is 15.4 Å². The van der Waals surface area contributed by atoms with Crippen molar-refractivity contribution in [3.8, 4) is 0 Å². The van der Waals surface area contributed by atoms with E-state index >= 15 is 0 Å². The van der Waals surface area contributed by atoms with Gasteiger partial charge < -0.3 is 10.2 Å². The van der Waals surface area contributed by atoms with Crippen LogP contribution in [0.25, 0.3) is 0 Å². The van der Waals surface area contributed by atoms with Crippen molar-refractivity contribution in [1.82, 2.24) is 14.8 Å². The highest BCUT2D eigenvalue weighted by atomic mass is 16.1. The Morgan fingerprint density at radius 1 is 1.33 bits per heavy atom. The molecule has 0 radical (unpaired) electrons. The maximum atomic E-state index is 11.9. The molecule has 0 aliphatic carbocycles. The van der Waals surface area contributed by atoms with Crippen LogP contribution >= 0.6 is 0 Å². The van der Waals surface area contributed by atoms with Crippen molar-refractivity contribution in [3.05, 3.63) is 36.3 Å². The first kappa shape index (κ1) is 12.1. The van der Waals surface area contributed by atoms with Crippen LogP contribution in [0, 0.1) is 0 Å². The van der Waals surface area contributed by atoms with E-state index in [1.54, 1.807) is 42.5 Å². The third-order valence-corrected chi connectivity index (χ3v) is 2.43. The van der Waals surface area contributed by atoms with Gasteiger partial charge in [0.1, 0.15) is 5.82 Å². The Bertz CT molecular complexity index is 544. The highest BCUT2D eigenvalue weighted by Gasteiger charge is 2.08. The second kappa shape index (κ2) is 4.87. The molecule has 1 N–H and O–H groups in total. The number of pyridine rings is 1. The minimum absolute atomic E-state index is 0.194. The molecule has 0 bridgehead atoms. The quantitative estimate of drug-likeness (QED) is 0.880. The van der Waals surface area contributed by atoms with Gasteiger partial charge in [-0.2, -0.15) is 5.10 Å². The van der Waals surface area contributed by atoms with Crippen LogP contribution in [-0.4, -0.2) is 34.8 Å². The van der Waals surface area contributed by atoms with Gasteiger partial charge in [-0.15, -0.1) is 0 Å². The lowest BCUT2D eigenvalue weighted by atomic mass is 10.2. The topological polar surface area (TPSA) is 63.1 Å². The largest absolute Gasteiger partial charge is 0.363 e. The smallest absolute Gasteiger partial charge is 0.257 e. The molecule has 2 heterocycles. The van der Waals surface area contributed by atoms with Crippen molar-refractivity contribution < 1.29 is 4.79 Å². The van der Waals surface area contributed by atoms with Crippen LogP contribution in [0.4, 0.5) is 11.5 Å². The average Bonchev–Trinajstić information content (AvgIpc) is 2.75. The Labute approximate surface area is 105 Å². The highest BCUT2D eigenvalue weighted by molar-refractivity contribution is 6.04. The second-order valence-electron chi connectivity index (χ2n) is 4.16. The monoisotopic (exact) mass is 245 g/mol. The molecule has 6 heteroatoms. The summed E-state index contributed by atoms with van der Waals surface area (Å²) in [5.41, 5.74) is 1.18. The minimum atomic E-state index is -0.194. The van der Waals surface area contributed by atoms with Crippen molar-refractivity contribution in [2.45, 2.75) is 0 Å². The highest BCUT2D eigenvalue weighted by Crippen LogP contribution is 2.10. The Balaban J connectivity index is 2.09. The van der Waals surface area contributed by atoms with Crippen molar-refractivity contribution in [1.29, 1.82) is 0 Å². The second-order valence-corrected chi connectivity index (χ2v) is 4.16. The molecule has 0 atom stereocenters. The van der Waals surface area contributed by atoms with Crippen molar-refractivity contribution in [2.75, 3.05) is 24.3 Å². The fraction of sp³-hybridized carbons (Fsp3) is 0.250. The first-order valence-corrected chi connectivity index (χ1v) is 5.49. The lowest BCUT2D eigenvalue weighted by molar-refractivity contribution is 0.102. The summed E-state index contributed by atoms with van der Waals surface area (Å²) >= 11 is 0. The molecule has 0 saturated carbocycles. The first-order valence-electron chi connectivity index (χ1n) is 5.49. The van der Waals surface area contributed by atoms with E-state index in [1.807, 2.05) is 19.0 Å². The number of rotatable bonds is 3. The minimum Gasteiger partial charge on any atom is -0.363 e. The Kier molecular flexibility index (Phi) is 3.27. The SMILES string of the molecule is CN(C)c1ccc(C(=O)Nc2cnn(C)c2)cn1. The molecule has 0 fully saturated rings. The molecule has 2 aromatic rings. The predicted octanol–water partition coefficient (Wildman–Crippen LogP) is 1.13. The standard InChI is InChI=1S/C12H15N5O/c1-16(2)11-5-4-9(6-13-11)12(18)15-10-7-14-17(3)8-10/h4-8H,1-3H3,(H,15,18). The zero-order valence-electron chi connectivity index (χ0n) is 10.6. The Morgan fingerprint density at radius 3 is 2.61 bits per heavy atom. The number of hydrogen-bond donors (Lipinski definition) is 1. The molecule has 0 aliphatic heterocycles. The van der Waals surface area contributed by atoms with Gasteiger partial charge in [0.15, 0.2) is 0 Å². The fourth-order valence-corrected chi connectivity index (χ4v) is 1.47. The van der Waals surface area contributed by atoms with Crippen molar-refractivity contribution in [2.24, 2.45) is 7.05 Å². The molecule has 0 aromatic carbocycles. The van der Waals surface area contributed by atoms with E-state index in [-0.39, 0.29) is 5.91 Å². The number of nitrogens with zero attached hydrogens (tertiary/aromatic N) is 4. The molecule has 0 aliphatic rings. The van der Waals surface area contributed by atoms with Gasteiger partial charge in [0.2, 0.25) is 0 Å². The van der Waals surface area contributed by atoms with Gasteiger partial charge in [-0.25, -0.2) is 4.98 Å². The summed E-state index contributed by atoms with van der Waals surface area (Å²) in [6.07, 6.45) is 4.89. The third kappa shape index (κ3) is 2.65. The van der Waals surface area contributed by atoms with Gasteiger partial charge in [0.05, 0.1) is 17.4 Å². The number of carbonyl (C=O) groups is 1. The zero-order valence-corrected chi connectivity index (χ0v) is 10.6. The maximum Gasteiger partial charge on any atom is 0.257 e. The van der Waals surface area contributed by atoms with Crippen LogP contribution in [0.1, 0.15) is 10.4 Å². The van der Waals surface area contributed by atoms with Gasteiger partial charge in [-0.3, -0.25) is 9.48 Å². The average molecular weight is 245 g/mol. The van der Waals surface area contributed by atoms with Crippen LogP contribution in [-0.2, 0) is 7.05 Å². The summed E-state index contributed by atoms with van der Waals surface area (Å²) in [4.78, 5) is 18.0. The number of aromatic nitrogens is 3. The predicted molar refractivity (Wildman–Crippen MR) is 69.7 cm³/mol. The molecule has 1 amide bonds. The lowest BCUT2D eigenvalue weighted by Gasteiger charge is -2.10. The summed E-state index contributed by atoms with van der Waals surface area (Å²) in [5, 5.41) is 6.73. The van der Waals surface area contributed by atoms with Gasteiger partial charge in [0.25, 0.3) is 5.91 Å². The summed E-state index contributed by atoms with van der Waals surface area (Å²) < 4.78 is 1.63. The molecule has 2 rings (SSSR count). The van der Waals surface area contributed by atoms with Crippen LogP contribution < -0.4 is 10.2 Å². The van der Waals surface area contributed by atoms with Crippen LogP contribution in [0.5, 0.6) is 0 Å². The van der Waals surface area contributed by atoms with E-state index in [0.717, 1.165) is 5.82 Å². The van der Waals surface area contributed by atoms with Crippen molar-refractivity contribution in [3.63, 3.8) is 0 Å². The summed E-state index contributed by atoms with van der Waals surface area (Å²) in [6.45, 7) is 0. The molecule has 0 spiro atoms. The van der Waals surface area contributed by atoms with Gasteiger partial charge >= 0.3 is 0 Å². The molecule has 6 nitrogen and oxygen atoms in total. The van der Waals surface area contributed by atoms with Crippen molar-refractivity contribution >= 4 is 17.4 Å². The summed E-state index contributed by atoms with van der Waals surface area (Å²) in [7, 11) is 5.60. The van der Waals surface area contributed by atoms with E-state index in [1.165, 1.54) is 0 Å². The molecule has 0 saturated heterocycles. The van der Waals surface area contributed by atoms with Gasteiger partial charge in [-0.1, -0.05) is 0 Å². The Hall–Kier alpha value is -2.37. The number of amides is 1. The first-order chi connectivity index (χ1) is 8.56. The molecule has 94 valence electrons. The lowest BCUT2D eigenvalue weighted by Crippen LogP contribution is -2.14. The maximum absolute atomic E-state index is 11.9. The van der Waals surface area contributed by atoms with E-state index < -0.39 is 0 Å². The summed E-state index contributed by atoms with van der Waals surface area (Å²) in [5.74, 6) is 0.619. The fourth-order valence-electron chi connectivity index (χ4n) is 1.47. The van der Waals surface area contributed by atoms with Crippen LogP contribution in [0.3, 0.4) is 0 Å². The van der Waals surface area contributed by atoms with E-state index in [4.69, 9.17) is 0 Å². The molecular weight excluding hydrogens is 230 g/mol. The van der Waals surface area contributed by atoms with Gasteiger partial charge in [-0.05, 0) is 12.1 Å². The molecule has 18 heavy (non-hydrogen) atoms. The number of aryl methyl sites for hydroxylation is 1. The van der Waals surface area contributed by atoms with E-state index in [9.17, 15) is 4.79 Å². The Morgan fingerprint density at radius 2 is 2.11 bits per heavy atom. The molecular formula is C12H15N5O. The van der Waals surface area contributed by atoms with E-state index in [0.29, 0.717) is 11.3 Å². The third-order valence-electron chi connectivity index (χ3n) is 2.43. The number of anilines is 2. The number of hydrogen-bond acceptors (Lipinski definition) is 4. The number of nitrogens with one attached hydrogen (secondary N) is 1.